The van der Waals surface area contributed by atoms with E-state index in [-0.39, 0.29) is 0 Å². The number of rotatable bonds is 3. The lowest BCUT2D eigenvalue weighted by molar-refractivity contribution is 0.0935. The molecular weight excluding hydrogens is 282 g/mol. The van der Waals surface area contributed by atoms with Crippen molar-refractivity contribution in [1.82, 2.24) is 4.90 Å². The van der Waals surface area contributed by atoms with Crippen molar-refractivity contribution in [2.24, 2.45) is 0 Å². The van der Waals surface area contributed by atoms with Crippen molar-refractivity contribution < 1.29 is 5.11 Å². The van der Waals surface area contributed by atoms with Crippen LogP contribution in [0.4, 0.5) is 0 Å². The molecule has 0 amide bonds. The fourth-order valence-electron chi connectivity index (χ4n) is 3.97. The SMILES string of the molecule is CCCCN1Cc2c(c3ccccc3c3ccccc23)[C@@H](O)C1. The molecule has 0 saturated heterocycles. The zero-order chi connectivity index (χ0) is 15.8. The van der Waals surface area contributed by atoms with Crippen molar-refractivity contribution in [2.45, 2.75) is 32.4 Å². The van der Waals surface area contributed by atoms with Crippen LogP contribution >= 0.6 is 0 Å². The maximum Gasteiger partial charge on any atom is 0.0926 e. The third kappa shape index (κ3) is 2.43. The highest BCUT2D eigenvalue weighted by atomic mass is 16.3. The Labute approximate surface area is 137 Å². The summed E-state index contributed by atoms with van der Waals surface area (Å²) in [7, 11) is 0. The van der Waals surface area contributed by atoms with Crippen LogP contribution in [-0.4, -0.2) is 23.1 Å². The molecule has 0 fully saturated rings. The molecule has 3 aromatic carbocycles. The van der Waals surface area contributed by atoms with Crippen LogP contribution in [0.3, 0.4) is 0 Å². The maximum atomic E-state index is 10.8. The predicted octanol–water partition coefficient (Wildman–Crippen LogP) is 4.64. The number of unbranched alkanes of at least 4 members (excludes halogenated alkanes) is 1. The Balaban J connectivity index is 1.97. The molecule has 1 aliphatic rings. The van der Waals surface area contributed by atoms with E-state index < -0.39 is 6.10 Å². The number of benzene rings is 3. The summed E-state index contributed by atoms with van der Waals surface area (Å²) in [6.45, 7) is 4.97. The van der Waals surface area contributed by atoms with Crippen LogP contribution < -0.4 is 0 Å². The molecule has 1 aliphatic heterocycles. The van der Waals surface area contributed by atoms with Gasteiger partial charge in [-0.1, -0.05) is 61.9 Å². The highest BCUT2D eigenvalue weighted by molar-refractivity contribution is 6.11. The topological polar surface area (TPSA) is 23.5 Å². The van der Waals surface area contributed by atoms with Crippen LogP contribution in [0.15, 0.2) is 48.5 Å². The van der Waals surface area contributed by atoms with E-state index in [2.05, 4.69) is 60.4 Å². The molecule has 0 aromatic heterocycles. The number of aliphatic hydroxyl groups excluding tert-OH is 1. The van der Waals surface area contributed by atoms with Gasteiger partial charge in [-0.2, -0.15) is 0 Å². The quantitative estimate of drug-likeness (QED) is 0.712. The summed E-state index contributed by atoms with van der Waals surface area (Å²) in [6.07, 6.45) is 1.98. The van der Waals surface area contributed by atoms with E-state index in [0.29, 0.717) is 0 Å². The van der Waals surface area contributed by atoms with E-state index >= 15 is 0 Å². The summed E-state index contributed by atoms with van der Waals surface area (Å²) >= 11 is 0. The standard InChI is InChI=1S/C21H23NO/c1-2-3-12-22-13-19-17-10-5-4-8-15(17)16-9-6-7-11-18(16)21(19)20(23)14-22/h4-11,20,23H,2-3,12-14H2,1H3/t20-/m0/s1. The van der Waals surface area contributed by atoms with Gasteiger partial charge in [-0.3, -0.25) is 4.90 Å². The number of nitrogens with zero attached hydrogens (tertiary/aromatic N) is 1. The molecule has 0 aliphatic carbocycles. The third-order valence-corrected chi connectivity index (χ3v) is 5.06. The Kier molecular flexibility index (Phi) is 3.80. The van der Waals surface area contributed by atoms with Crippen molar-refractivity contribution in [3.05, 3.63) is 59.7 Å². The Morgan fingerprint density at radius 2 is 1.57 bits per heavy atom. The molecule has 0 spiro atoms. The minimum Gasteiger partial charge on any atom is -0.387 e. The number of β-amino-alcohol motifs (C(OH)–C–C–N with tert-alkyl or cyclic N) is 1. The molecule has 118 valence electrons. The van der Waals surface area contributed by atoms with Crippen molar-refractivity contribution in [3.63, 3.8) is 0 Å². The summed E-state index contributed by atoms with van der Waals surface area (Å²) in [4.78, 5) is 2.40. The van der Waals surface area contributed by atoms with Gasteiger partial charge in [-0.15, -0.1) is 0 Å². The van der Waals surface area contributed by atoms with Gasteiger partial charge in [0.2, 0.25) is 0 Å². The molecule has 0 bridgehead atoms. The van der Waals surface area contributed by atoms with Gasteiger partial charge in [-0.25, -0.2) is 0 Å². The molecule has 4 rings (SSSR count). The first-order chi connectivity index (χ1) is 11.3. The van der Waals surface area contributed by atoms with Gasteiger partial charge in [0.1, 0.15) is 0 Å². The second-order valence-corrected chi connectivity index (χ2v) is 6.59. The van der Waals surface area contributed by atoms with Gasteiger partial charge < -0.3 is 5.11 Å². The Bertz CT molecular complexity index is 855. The molecule has 1 N–H and O–H groups in total. The highest BCUT2D eigenvalue weighted by Crippen LogP contribution is 2.39. The lowest BCUT2D eigenvalue weighted by Gasteiger charge is -2.34. The van der Waals surface area contributed by atoms with Gasteiger partial charge >= 0.3 is 0 Å². The lowest BCUT2D eigenvalue weighted by atomic mass is 9.86. The first-order valence-electron chi connectivity index (χ1n) is 8.62. The fraction of sp³-hybridized carbons (Fsp3) is 0.333. The Hall–Kier alpha value is -1.90. The molecule has 1 heterocycles. The summed E-state index contributed by atoms with van der Waals surface area (Å²) in [5, 5.41) is 15.9. The van der Waals surface area contributed by atoms with Gasteiger partial charge in [0, 0.05) is 13.1 Å². The normalized spacial score (nSPS) is 18.4. The van der Waals surface area contributed by atoms with Crippen LogP contribution in [0.5, 0.6) is 0 Å². The average Bonchev–Trinajstić information content (AvgIpc) is 2.60. The largest absolute Gasteiger partial charge is 0.387 e. The van der Waals surface area contributed by atoms with Crippen molar-refractivity contribution in [2.75, 3.05) is 13.1 Å². The Morgan fingerprint density at radius 1 is 0.957 bits per heavy atom. The predicted molar refractivity (Wildman–Crippen MR) is 96.6 cm³/mol. The minimum absolute atomic E-state index is 0.398. The van der Waals surface area contributed by atoms with E-state index in [1.165, 1.54) is 39.9 Å². The molecule has 0 radical (unpaired) electrons. The monoisotopic (exact) mass is 305 g/mol. The Morgan fingerprint density at radius 3 is 2.26 bits per heavy atom. The molecule has 2 nitrogen and oxygen atoms in total. The maximum absolute atomic E-state index is 10.8. The van der Waals surface area contributed by atoms with Crippen LogP contribution in [0.25, 0.3) is 21.5 Å². The van der Waals surface area contributed by atoms with Crippen molar-refractivity contribution in [1.29, 1.82) is 0 Å². The van der Waals surface area contributed by atoms with Crippen LogP contribution in [0, 0.1) is 0 Å². The van der Waals surface area contributed by atoms with E-state index in [0.717, 1.165) is 25.2 Å². The van der Waals surface area contributed by atoms with E-state index in [1.807, 2.05) is 0 Å². The lowest BCUT2D eigenvalue weighted by Crippen LogP contribution is -2.34. The highest BCUT2D eigenvalue weighted by Gasteiger charge is 2.27. The van der Waals surface area contributed by atoms with Gasteiger partial charge in [0.15, 0.2) is 0 Å². The fourth-order valence-corrected chi connectivity index (χ4v) is 3.97. The minimum atomic E-state index is -0.398. The number of hydrogen-bond donors (Lipinski definition) is 1. The first kappa shape index (κ1) is 14.7. The average molecular weight is 305 g/mol. The molecule has 2 heteroatoms. The molecule has 0 saturated carbocycles. The summed E-state index contributed by atoms with van der Waals surface area (Å²) in [5.74, 6) is 0. The summed E-state index contributed by atoms with van der Waals surface area (Å²) < 4.78 is 0. The van der Waals surface area contributed by atoms with Crippen LogP contribution in [-0.2, 0) is 6.54 Å². The van der Waals surface area contributed by atoms with Gasteiger partial charge in [0.25, 0.3) is 0 Å². The number of aliphatic hydroxyl groups is 1. The van der Waals surface area contributed by atoms with Crippen molar-refractivity contribution >= 4 is 21.5 Å². The van der Waals surface area contributed by atoms with Crippen LogP contribution in [0.1, 0.15) is 37.0 Å². The van der Waals surface area contributed by atoms with E-state index in [4.69, 9.17) is 0 Å². The number of fused-ring (bicyclic) bond motifs is 6. The van der Waals surface area contributed by atoms with E-state index in [1.54, 1.807) is 0 Å². The number of hydrogen-bond acceptors (Lipinski definition) is 2. The molecule has 23 heavy (non-hydrogen) atoms. The molecule has 0 unspecified atom stereocenters. The zero-order valence-electron chi connectivity index (χ0n) is 13.6. The van der Waals surface area contributed by atoms with E-state index in [9.17, 15) is 5.11 Å². The van der Waals surface area contributed by atoms with Gasteiger partial charge in [0.05, 0.1) is 6.10 Å². The molecule has 3 aromatic rings. The molecular formula is C21H23NO. The second kappa shape index (κ2) is 5.95. The summed E-state index contributed by atoms with van der Waals surface area (Å²) in [6, 6.07) is 17.1. The molecule has 1 atom stereocenters. The van der Waals surface area contributed by atoms with Crippen molar-refractivity contribution in [3.8, 4) is 0 Å². The van der Waals surface area contributed by atoms with Crippen LogP contribution in [0.2, 0.25) is 0 Å². The first-order valence-corrected chi connectivity index (χ1v) is 8.62. The van der Waals surface area contributed by atoms with Gasteiger partial charge in [-0.05, 0) is 45.6 Å². The second-order valence-electron chi connectivity index (χ2n) is 6.59. The summed E-state index contributed by atoms with van der Waals surface area (Å²) in [5.41, 5.74) is 2.46. The smallest absolute Gasteiger partial charge is 0.0926 e. The third-order valence-electron chi connectivity index (χ3n) is 5.06. The zero-order valence-corrected chi connectivity index (χ0v) is 13.6.